The topological polar surface area (TPSA) is 91.6 Å². The van der Waals surface area contributed by atoms with Gasteiger partial charge in [0, 0.05) is 58.2 Å². The number of carbonyl (C=O) groups is 2. The predicted octanol–water partition coefficient (Wildman–Crippen LogP) is 5.85. The summed E-state index contributed by atoms with van der Waals surface area (Å²) < 4.78 is 6.52. The Kier molecular flexibility index (Phi) is 8.31. The number of anilines is 2. The lowest BCUT2D eigenvalue weighted by Crippen LogP contribution is -2.48. The van der Waals surface area contributed by atoms with E-state index in [-0.39, 0.29) is 17.6 Å². The van der Waals surface area contributed by atoms with Gasteiger partial charge in [0.1, 0.15) is 0 Å². The maximum Gasteiger partial charge on any atom is 0.277 e. The fourth-order valence-corrected chi connectivity index (χ4v) is 5.21. The van der Waals surface area contributed by atoms with Crippen LogP contribution in [-0.4, -0.2) is 58.8 Å². The number of nitrogens with zero attached hydrogens (tertiary/aromatic N) is 4. The first-order valence-electron chi connectivity index (χ1n) is 11.9. The Morgan fingerprint density at radius 2 is 1.74 bits per heavy atom. The standard InChI is InChI=1S/C27H23BrClN5O3S/c28-20-5-1-4-19(15-20)26(36)34-13-11-33(12-14-34)23-9-7-22(8-10-23)30-24(35)17-38-27-32-31-25(37-27)18-3-2-6-21(29)16-18/h1-10,15-16H,11-14,17H2,(H,30,35). The number of carbonyl (C=O) groups excluding carboxylic acids is 2. The van der Waals surface area contributed by atoms with Crippen LogP contribution in [0.2, 0.25) is 5.02 Å². The van der Waals surface area contributed by atoms with Crippen molar-refractivity contribution < 1.29 is 14.0 Å². The van der Waals surface area contributed by atoms with E-state index >= 15 is 0 Å². The van der Waals surface area contributed by atoms with Crippen molar-refractivity contribution >= 4 is 62.5 Å². The Morgan fingerprint density at radius 1 is 0.974 bits per heavy atom. The van der Waals surface area contributed by atoms with Crippen molar-refractivity contribution in [3.63, 3.8) is 0 Å². The molecule has 5 rings (SSSR count). The number of amides is 2. The highest BCUT2D eigenvalue weighted by Gasteiger charge is 2.22. The molecule has 1 aliphatic rings. The average Bonchev–Trinajstić information content (AvgIpc) is 3.41. The molecule has 0 spiro atoms. The molecule has 0 unspecified atom stereocenters. The third-order valence-corrected chi connectivity index (χ3v) is 7.51. The summed E-state index contributed by atoms with van der Waals surface area (Å²) in [7, 11) is 0. The van der Waals surface area contributed by atoms with E-state index in [9.17, 15) is 9.59 Å². The van der Waals surface area contributed by atoms with Crippen molar-refractivity contribution in [3.8, 4) is 11.5 Å². The highest BCUT2D eigenvalue weighted by Crippen LogP contribution is 2.26. The SMILES string of the molecule is O=C(CSc1nnc(-c2cccc(Cl)c2)o1)Nc1ccc(N2CCN(C(=O)c3cccc(Br)c3)CC2)cc1. The van der Waals surface area contributed by atoms with Gasteiger partial charge in [-0.05, 0) is 60.7 Å². The Morgan fingerprint density at radius 3 is 2.47 bits per heavy atom. The van der Waals surface area contributed by atoms with E-state index in [1.807, 2.05) is 59.5 Å². The molecule has 38 heavy (non-hydrogen) atoms. The number of aromatic nitrogens is 2. The number of rotatable bonds is 7. The van der Waals surface area contributed by atoms with Crippen LogP contribution in [0.4, 0.5) is 11.4 Å². The smallest absolute Gasteiger partial charge is 0.277 e. The van der Waals surface area contributed by atoms with E-state index in [0.717, 1.165) is 28.8 Å². The molecule has 0 aliphatic carbocycles. The molecular weight excluding hydrogens is 590 g/mol. The number of benzene rings is 3. The van der Waals surface area contributed by atoms with Gasteiger partial charge in [0.2, 0.25) is 11.8 Å². The molecule has 1 aliphatic heterocycles. The Labute approximate surface area is 237 Å². The van der Waals surface area contributed by atoms with E-state index < -0.39 is 0 Å². The second-order valence-electron chi connectivity index (χ2n) is 8.56. The second kappa shape index (κ2) is 12.0. The Hall–Kier alpha value is -3.34. The van der Waals surface area contributed by atoms with Crippen LogP contribution < -0.4 is 10.2 Å². The minimum absolute atomic E-state index is 0.0445. The van der Waals surface area contributed by atoms with Gasteiger partial charge in [-0.2, -0.15) is 0 Å². The third-order valence-electron chi connectivity index (χ3n) is 5.96. The molecule has 0 radical (unpaired) electrons. The minimum Gasteiger partial charge on any atom is -0.411 e. The lowest BCUT2D eigenvalue weighted by molar-refractivity contribution is -0.113. The highest BCUT2D eigenvalue weighted by molar-refractivity contribution is 9.10. The Bertz CT molecular complexity index is 1440. The zero-order valence-electron chi connectivity index (χ0n) is 20.1. The number of thioether (sulfide) groups is 1. The second-order valence-corrected chi connectivity index (χ2v) is 10.8. The van der Waals surface area contributed by atoms with Crippen molar-refractivity contribution in [2.75, 3.05) is 42.1 Å². The van der Waals surface area contributed by atoms with E-state index in [1.54, 1.807) is 18.2 Å². The molecular formula is C27H23BrClN5O3S. The van der Waals surface area contributed by atoms with Gasteiger partial charge in [0.05, 0.1) is 5.75 Å². The number of piperazine rings is 1. The minimum atomic E-state index is -0.176. The van der Waals surface area contributed by atoms with Gasteiger partial charge < -0.3 is 19.5 Å². The first kappa shape index (κ1) is 26.3. The predicted molar refractivity (Wildman–Crippen MR) is 153 cm³/mol. The number of halogens is 2. The molecule has 1 aromatic heterocycles. The largest absolute Gasteiger partial charge is 0.411 e. The highest BCUT2D eigenvalue weighted by atomic mass is 79.9. The molecule has 4 aromatic rings. The van der Waals surface area contributed by atoms with Gasteiger partial charge in [-0.3, -0.25) is 9.59 Å². The lowest BCUT2D eigenvalue weighted by atomic mass is 10.1. The van der Waals surface area contributed by atoms with Gasteiger partial charge in [-0.25, -0.2) is 0 Å². The maximum absolute atomic E-state index is 12.8. The van der Waals surface area contributed by atoms with Gasteiger partial charge in [-0.1, -0.05) is 51.4 Å². The molecule has 3 aromatic carbocycles. The van der Waals surface area contributed by atoms with Crippen LogP contribution in [-0.2, 0) is 4.79 Å². The summed E-state index contributed by atoms with van der Waals surface area (Å²) >= 11 is 10.6. The molecule has 0 bridgehead atoms. The van der Waals surface area contributed by atoms with Gasteiger partial charge in [0.15, 0.2) is 0 Å². The summed E-state index contributed by atoms with van der Waals surface area (Å²) in [4.78, 5) is 29.3. The molecule has 0 atom stereocenters. The number of nitrogens with one attached hydrogen (secondary N) is 1. The average molecular weight is 613 g/mol. The maximum atomic E-state index is 12.8. The van der Waals surface area contributed by atoms with E-state index in [2.05, 4.69) is 36.3 Å². The summed E-state index contributed by atoms with van der Waals surface area (Å²) in [5, 5.41) is 11.8. The van der Waals surface area contributed by atoms with Crippen molar-refractivity contribution in [1.82, 2.24) is 15.1 Å². The van der Waals surface area contributed by atoms with E-state index in [4.69, 9.17) is 16.0 Å². The lowest BCUT2D eigenvalue weighted by Gasteiger charge is -2.36. The zero-order valence-corrected chi connectivity index (χ0v) is 23.3. The molecule has 2 heterocycles. The van der Waals surface area contributed by atoms with Gasteiger partial charge >= 0.3 is 0 Å². The van der Waals surface area contributed by atoms with E-state index in [0.29, 0.717) is 40.5 Å². The van der Waals surface area contributed by atoms with Crippen molar-refractivity contribution in [2.45, 2.75) is 5.22 Å². The quantitative estimate of drug-likeness (QED) is 0.262. The van der Waals surface area contributed by atoms with Crippen LogP contribution in [0.1, 0.15) is 10.4 Å². The van der Waals surface area contributed by atoms with E-state index in [1.165, 1.54) is 11.8 Å². The van der Waals surface area contributed by atoms with Crippen molar-refractivity contribution in [2.24, 2.45) is 0 Å². The van der Waals surface area contributed by atoms with Crippen molar-refractivity contribution in [1.29, 1.82) is 0 Å². The molecule has 2 amide bonds. The van der Waals surface area contributed by atoms with Crippen LogP contribution >= 0.6 is 39.3 Å². The molecule has 194 valence electrons. The third kappa shape index (κ3) is 6.56. The van der Waals surface area contributed by atoms with Crippen LogP contribution in [0.15, 0.2) is 86.9 Å². The summed E-state index contributed by atoms with van der Waals surface area (Å²) in [6, 6.07) is 22.3. The molecule has 1 fully saturated rings. The molecule has 8 nitrogen and oxygen atoms in total. The monoisotopic (exact) mass is 611 g/mol. The fraction of sp³-hybridized carbons (Fsp3) is 0.185. The molecule has 1 saturated heterocycles. The first-order chi connectivity index (χ1) is 18.4. The summed E-state index contributed by atoms with van der Waals surface area (Å²) in [5.74, 6) is 0.352. The zero-order chi connectivity index (χ0) is 26.5. The van der Waals surface area contributed by atoms with Crippen molar-refractivity contribution in [3.05, 3.63) is 87.9 Å². The molecule has 11 heteroatoms. The number of hydrogen-bond donors (Lipinski definition) is 1. The van der Waals surface area contributed by atoms with Crippen LogP contribution in [0.25, 0.3) is 11.5 Å². The number of hydrogen-bond acceptors (Lipinski definition) is 7. The Balaban J connectivity index is 1.09. The molecule has 1 N–H and O–H groups in total. The van der Waals surface area contributed by atoms with Gasteiger partial charge in [-0.15, -0.1) is 10.2 Å². The van der Waals surface area contributed by atoms with Crippen LogP contribution in [0, 0.1) is 0 Å². The normalized spacial score (nSPS) is 13.4. The van der Waals surface area contributed by atoms with Crippen LogP contribution in [0.5, 0.6) is 0 Å². The fourth-order valence-electron chi connectivity index (χ4n) is 4.06. The summed E-state index contributed by atoms with van der Waals surface area (Å²) in [6.45, 7) is 2.78. The first-order valence-corrected chi connectivity index (χ1v) is 14.0. The van der Waals surface area contributed by atoms with Crippen LogP contribution in [0.3, 0.4) is 0 Å². The van der Waals surface area contributed by atoms with Gasteiger partial charge in [0.25, 0.3) is 11.1 Å². The summed E-state index contributed by atoms with van der Waals surface area (Å²) in [5.41, 5.74) is 3.16. The summed E-state index contributed by atoms with van der Waals surface area (Å²) in [6.07, 6.45) is 0. The molecule has 0 saturated carbocycles.